The van der Waals surface area contributed by atoms with Crippen molar-refractivity contribution < 1.29 is 19.4 Å². The Morgan fingerprint density at radius 1 is 1.44 bits per heavy atom. The maximum Gasteiger partial charge on any atom is 0.325 e. The molecule has 18 heavy (non-hydrogen) atoms. The first-order valence-electron chi connectivity index (χ1n) is 5.53. The van der Waals surface area contributed by atoms with Gasteiger partial charge in [0.25, 0.3) is 0 Å². The second-order valence-electron chi connectivity index (χ2n) is 4.40. The topological polar surface area (TPSA) is 81.8 Å². The zero-order valence-corrected chi connectivity index (χ0v) is 10.8. The highest BCUT2D eigenvalue weighted by Gasteiger charge is 2.30. The molecule has 1 aliphatic rings. The number of aliphatic carboxylic acids is 1. The quantitative estimate of drug-likeness (QED) is 0.881. The molecular formula is C12H14ClNO4. The normalized spacial score (nSPS) is 14.9. The molecule has 0 spiro atoms. The molecule has 1 aliphatic heterocycles. The number of hydrogen-bond acceptors (Lipinski definition) is 4. The van der Waals surface area contributed by atoms with E-state index < -0.39 is 12.0 Å². The van der Waals surface area contributed by atoms with Gasteiger partial charge >= 0.3 is 5.97 Å². The minimum atomic E-state index is -1.13. The third-order valence-electron chi connectivity index (χ3n) is 2.85. The SMILES string of the molecule is CC(C)c1c(C(N)C(=O)O)cc(Cl)c2c1OCO2. The molecule has 5 nitrogen and oxygen atoms in total. The van der Waals surface area contributed by atoms with E-state index in [0.717, 1.165) is 5.56 Å². The van der Waals surface area contributed by atoms with Crippen molar-refractivity contribution in [2.75, 3.05) is 6.79 Å². The summed E-state index contributed by atoms with van der Waals surface area (Å²) in [5, 5.41) is 9.36. The van der Waals surface area contributed by atoms with Gasteiger partial charge in [-0.25, -0.2) is 0 Å². The first-order valence-corrected chi connectivity index (χ1v) is 5.91. The van der Waals surface area contributed by atoms with E-state index in [-0.39, 0.29) is 12.7 Å². The van der Waals surface area contributed by atoms with Crippen molar-refractivity contribution in [3.63, 3.8) is 0 Å². The fraction of sp³-hybridized carbons (Fsp3) is 0.417. The van der Waals surface area contributed by atoms with Crippen molar-refractivity contribution in [3.8, 4) is 11.5 Å². The van der Waals surface area contributed by atoms with E-state index in [0.29, 0.717) is 22.1 Å². The van der Waals surface area contributed by atoms with Gasteiger partial charge in [-0.3, -0.25) is 4.79 Å². The number of fused-ring (bicyclic) bond motifs is 1. The lowest BCUT2D eigenvalue weighted by Gasteiger charge is -2.18. The van der Waals surface area contributed by atoms with E-state index in [1.165, 1.54) is 0 Å². The third-order valence-corrected chi connectivity index (χ3v) is 3.13. The van der Waals surface area contributed by atoms with E-state index >= 15 is 0 Å². The molecule has 1 unspecified atom stereocenters. The van der Waals surface area contributed by atoms with Gasteiger partial charge in [0.2, 0.25) is 6.79 Å². The highest BCUT2D eigenvalue weighted by Crippen LogP contribution is 2.47. The molecule has 6 heteroatoms. The second-order valence-corrected chi connectivity index (χ2v) is 4.80. The molecule has 0 amide bonds. The lowest BCUT2D eigenvalue weighted by molar-refractivity contribution is -0.138. The average Bonchev–Trinajstić information content (AvgIpc) is 2.76. The Bertz CT molecular complexity index is 501. The number of hydrogen-bond donors (Lipinski definition) is 2. The second kappa shape index (κ2) is 4.66. The number of carboxylic acid groups (broad SMARTS) is 1. The number of rotatable bonds is 3. The summed E-state index contributed by atoms with van der Waals surface area (Å²) >= 11 is 6.05. The first kappa shape index (κ1) is 13.0. The van der Waals surface area contributed by atoms with E-state index in [9.17, 15) is 4.79 Å². The molecule has 3 N–H and O–H groups in total. The fourth-order valence-corrected chi connectivity index (χ4v) is 2.31. The summed E-state index contributed by atoms with van der Waals surface area (Å²) in [6.45, 7) is 3.95. The van der Waals surface area contributed by atoms with Crippen LogP contribution < -0.4 is 15.2 Å². The van der Waals surface area contributed by atoms with Crippen LogP contribution in [0.15, 0.2) is 6.07 Å². The van der Waals surface area contributed by atoms with Crippen molar-refractivity contribution in [2.24, 2.45) is 5.73 Å². The molecule has 0 radical (unpaired) electrons. The summed E-state index contributed by atoms with van der Waals surface area (Å²) < 4.78 is 10.7. The van der Waals surface area contributed by atoms with Crippen LogP contribution in [0.25, 0.3) is 0 Å². The van der Waals surface area contributed by atoms with Crippen molar-refractivity contribution in [3.05, 3.63) is 22.2 Å². The Labute approximate surface area is 109 Å². The number of carboxylic acids is 1. The van der Waals surface area contributed by atoms with Crippen molar-refractivity contribution in [1.29, 1.82) is 0 Å². The van der Waals surface area contributed by atoms with E-state index in [1.54, 1.807) is 6.07 Å². The minimum Gasteiger partial charge on any atom is -0.480 e. The van der Waals surface area contributed by atoms with Gasteiger partial charge in [-0.05, 0) is 17.5 Å². The first-order chi connectivity index (χ1) is 8.43. The van der Waals surface area contributed by atoms with Crippen LogP contribution >= 0.6 is 11.6 Å². The largest absolute Gasteiger partial charge is 0.480 e. The van der Waals surface area contributed by atoms with E-state index in [4.69, 9.17) is 31.9 Å². The summed E-state index contributed by atoms with van der Waals surface area (Å²) in [4.78, 5) is 11.0. The molecule has 1 aromatic rings. The molecule has 1 heterocycles. The Morgan fingerprint density at radius 3 is 2.61 bits per heavy atom. The molecule has 1 atom stereocenters. The van der Waals surface area contributed by atoms with Gasteiger partial charge in [-0.15, -0.1) is 0 Å². The molecule has 1 aromatic carbocycles. The molecule has 0 bridgehead atoms. The van der Waals surface area contributed by atoms with Gasteiger partial charge in [-0.1, -0.05) is 25.4 Å². The lowest BCUT2D eigenvalue weighted by Crippen LogP contribution is -2.22. The van der Waals surface area contributed by atoms with Gasteiger partial charge in [0, 0.05) is 5.56 Å². The van der Waals surface area contributed by atoms with Gasteiger partial charge < -0.3 is 20.3 Å². The molecule has 0 saturated carbocycles. The van der Waals surface area contributed by atoms with Crippen LogP contribution in [0.1, 0.15) is 36.9 Å². The molecular weight excluding hydrogens is 258 g/mol. The zero-order valence-electron chi connectivity index (χ0n) is 10.1. The molecule has 2 rings (SSSR count). The van der Waals surface area contributed by atoms with Crippen molar-refractivity contribution >= 4 is 17.6 Å². The van der Waals surface area contributed by atoms with Crippen LogP contribution in [0, 0.1) is 0 Å². The smallest absolute Gasteiger partial charge is 0.325 e. The molecule has 98 valence electrons. The zero-order chi connectivity index (χ0) is 13.4. The monoisotopic (exact) mass is 271 g/mol. The van der Waals surface area contributed by atoms with Crippen LogP contribution in [0.3, 0.4) is 0 Å². The third kappa shape index (κ3) is 2.00. The summed E-state index contributed by atoms with van der Waals surface area (Å²) in [6.07, 6.45) is 0. The number of ether oxygens (including phenoxy) is 2. The molecule has 0 aromatic heterocycles. The number of carbonyl (C=O) groups is 1. The fourth-order valence-electron chi connectivity index (χ4n) is 2.05. The maximum atomic E-state index is 11.0. The van der Waals surface area contributed by atoms with Gasteiger partial charge in [-0.2, -0.15) is 0 Å². The maximum absolute atomic E-state index is 11.0. The van der Waals surface area contributed by atoms with Crippen LogP contribution in [-0.2, 0) is 4.79 Å². The van der Waals surface area contributed by atoms with E-state index in [2.05, 4.69) is 0 Å². The van der Waals surface area contributed by atoms with Crippen LogP contribution in [0.2, 0.25) is 5.02 Å². The van der Waals surface area contributed by atoms with Gasteiger partial charge in [0.1, 0.15) is 6.04 Å². The number of benzene rings is 1. The molecule has 0 fully saturated rings. The Balaban J connectivity index is 2.66. The Hall–Kier alpha value is -1.46. The summed E-state index contributed by atoms with van der Waals surface area (Å²) in [5.41, 5.74) is 6.89. The van der Waals surface area contributed by atoms with Crippen LogP contribution in [-0.4, -0.2) is 17.9 Å². The summed E-state index contributed by atoms with van der Waals surface area (Å²) in [5.74, 6) is -0.0872. The highest BCUT2D eigenvalue weighted by molar-refractivity contribution is 6.32. The van der Waals surface area contributed by atoms with Crippen molar-refractivity contribution in [2.45, 2.75) is 25.8 Å². The summed E-state index contributed by atoms with van der Waals surface area (Å²) in [6, 6.07) is 0.415. The Kier molecular flexibility index (Phi) is 3.36. The Morgan fingerprint density at radius 2 is 2.06 bits per heavy atom. The summed E-state index contributed by atoms with van der Waals surface area (Å²) in [7, 11) is 0. The van der Waals surface area contributed by atoms with Crippen LogP contribution in [0.5, 0.6) is 11.5 Å². The lowest BCUT2D eigenvalue weighted by atomic mass is 9.91. The minimum absolute atomic E-state index is 0.0538. The highest BCUT2D eigenvalue weighted by atomic mass is 35.5. The predicted octanol–water partition coefficient (Wildman–Crippen LogP) is 2.28. The molecule has 0 aliphatic carbocycles. The van der Waals surface area contributed by atoms with E-state index in [1.807, 2.05) is 13.8 Å². The van der Waals surface area contributed by atoms with Gasteiger partial charge in [0.05, 0.1) is 5.02 Å². The molecule has 0 saturated heterocycles. The number of nitrogens with two attached hydrogens (primary N) is 1. The predicted molar refractivity (Wildman–Crippen MR) is 66.2 cm³/mol. The standard InChI is InChI=1S/C12H14ClNO4/c1-5(2)8-6(9(14)12(15)16)3-7(13)10-11(8)18-4-17-10/h3,5,9H,4,14H2,1-2H3,(H,15,16). The van der Waals surface area contributed by atoms with Crippen molar-refractivity contribution in [1.82, 2.24) is 0 Å². The van der Waals surface area contributed by atoms with Gasteiger partial charge in [0.15, 0.2) is 11.5 Å². The van der Waals surface area contributed by atoms with Crippen LogP contribution in [0.4, 0.5) is 0 Å². The number of halogens is 1. The average molecular weight is 272 g/mol.